The van der Waals surface area contributed by atoms with Crippen molar-refractivity contribution in [1.82, 2.24) is 9.97 Å². The van der Waals surface area contributed by atoms with Gasteiger partial charge in [-0.2, -0.15) is 4.98 Å². The van der Waals surface area contributed by atoms with Crippen molar-refractivity contribution >= 4 is 29.3 Å². The number of esters is 1. The average molecular weight is 380 g/mol. The summed E-state index contributed by atoms with van der Waals surface area (Å²) in [5, 5.41) is 3.02. The molecule has 0 radical (unpaired) electrons. The molecule has 1 heterocycles. The minimum absolute atomic E-state index is 0.0528. The van der Waals surface area contributed by atoms with Crippen molar-refractivity contribution in [1.29, 1.82) is 0 Å². The van der Waals surface area contributed by atoms with Gasteiger partial charge in [0, 0.05) is 26.1 Å². The largest absolute Gasteiger partial charge is 0.459 e. The molecule has 0 spiro atoms. The molecule has 1 N–H and O–H groups in total. The molecule has 0 aliphatic carbocycles. The van der Waals surface area contributed by atoms with E-state index in [2.05, 4.69) is 15.3 Å². The van der Waals surface area contributed by atoms with Crippen molar-refractivity contribution in [2.24, 2.45) is 0 Å². The molecule has 0 saturated heterocycles. The van der Waals surface area contributed by atoms with E-state index in [-0.39, 0.29) is 18.5 Å². The molecule has 8 heteroatoms. The molecule has 0 bridgehead atoms. The lowest BCUT2D eigenvalue weighted by Crippen LogP contribution is -2.37. The first-order valence-electron chi connectivity index (χ1n) is 9.37. The fourth-order valence-electron chi connectivity index (χ4n) is 2.68. The Bertz CT molecular complexity index is 651. The minimum atomic E-state index is -0.566. The van der Waals surface area contributed by atoms with E-state index in [1.807, 2.05) is 53.4 Å². The number of nitrogens with zero attached hydrogens (tertiary/aromatic N) is 4. The summed E-state index contributed by atoms with van der Waals surface area (Å²) in [6, 6.07) is -0.0764. The van der Waals surface area contributed by atoms with Gasteiger partial charge >= 0.3 is 5.97 Å². The van der Waals surface area contributed by atoms with E-state index in [1.165, 1.54) is 6.92 Å². The van der Waals surface area contributed by atoms with Crippen LogP contribution in [0.2, 0.25) is 0 Å². The van der Waals surface area contributed by atoms with E-state index >= 15 is 0 Å². The predicted molar refractivity (Wildman–Crippen MR) is 108 cm³/mol. The third kappa shape index (κ3) is 6.69. The summed E-state index contributed by atoms with van der Waals surface area (Å²) in [6.45, 7) is 16.3. The molecule has 0 aromatic carbocycles. The molecular formula is C19H33N5O3. The van der Waals surface area contributed by atoms with Crippen molar-refractivity contribution in [3.8, 4) is 0 Å². The molecule has 0 aliphatic rings. The van der Waals surface area contributed by atoms with Crippen LogP contribution in [-0.2, 0) is 14.3 Å². The first kappa shape index (κ1) is 22.7. The second-order valence-corrected chi connectivity index (χ2v) is 7.50. The maximum Gasteiger partial charge on any atom is 0.325 e. The summed E-state index contributed by atoms with van der Waals surface area (Å²) in [4.78, 5) is 36.8. The van der Waals surface area contributed by atoms with Crippen LogP contribution in [0.1, 0.15) is 55.4 Å². The summed E-state index contributed by atoms with van der Waals surface area (Å²) in [6.07, 6.45) is 1.62. The maximum absolute atomic E-state index is 12.1. The Morgan fingerprint density at radius 3 is 2.26 bits per heavy atom. The Hall–Kier alpha value is -2.38. The van der Waals surface area contributed by atoms with Gasteiger partial charge in [-0.3, -0.25) is 9.59 Å². The third-order valence-corrected chi connectivity index (χ3v) is 3.74. The summed E-state index contributed by atoms with van der Waals surface area (Å²) >= 11 is 0. The van der Waals surface area contributed by atoms with Crippen LogP contribution < -0.4 is 15.1 Å². The van der Waals surface area contributed by atoms with E-state index in [4.69, 9.17) is 4.74 Å². The normalized spacial score (nSPS) is 11.3. The van der Waals surface area contributed by atoms with Gasteiger partial charge in [0.1, 0.15) is 17.8 Å². The van der Waals surface area contributed by atoms with Gasteiger partial charge in [0.05, 0.1) is 6.20 Å². The van der Waals surface area contributed by atoms with Crippen LogP contribution in [0.4, 0.5) is 17.5 Å². The molecule has 1 aromatic rings. The molecule has 0 atom stereocenters. The van der Waals surface area contributed by atoms with Crippen LogP contribution in [0.25, 0.3) is 0 Å². The number of ether oxygens (including phenoxy) is 1. The van der Waals surface area contributed by atoms with E-state index in [9.17, 15) is 9.59 Å². The molecule has 0 aliphatic heterocycles. The number of rotatable bonds is 8. The van der Waals surface area contributed by atoms with Gasteiger partial charge in [0.25, 0.3) is 0 Å². The number of hydrogen-bond donors (Lipinski definition) is 1. The second-order valence-electron chi connectivity index (χ2n) is 7.50. The van der Waals surface area contributed by atoms with Crippen LogP contribution in [0.3, 0.4) is 0 Å². The number of hydrogen-bond acceptors (Lipinski definition) is 7. The number of carbonyl (C=O) groups is 2. The van der Waals surface area contributed by atoms with Crippen molar-refractivity contribution in [3.63, 3.8) is 0 Å². The molecular weight excluding hydrogens is 346 g/mol. The topological polar surface area (TPSA) is 87.7 Å². The quantitative estimate of drug-likeness (QED) is 0.695. The van der Waals surface area contributed by atoms with E-state index in [0.717, 1.165) is 13.1 Å². The molecule has 1 amide bonds. The van der Waals surface area contributed by atoms with E-state index in [0.29, 0.717) is 17.5 Å². The van der Waals surface area contributed by atoms with Gasteiger partial charge < -0.3 is 19.9 Å². The second kappa shape index (κ2) is 9.53. The number of carbonyl (C=O) groups excluding carboxylic acids is 2. The fraction of sp³-hybridized carbons (Fsp3) is 0.684. The molecule has 27 heavy (non-hydrogen) atoms. The molecule has 0 fully saturated rings. The number of nitrogens with one attached hydrogen (secondary N) is 1. The Morgan fingerprint density at radius 2 is 1.81 bits per heavy atom. The van der Waals surface area contributed by atoms with Crippen molar-refractivity contribution < 1.29 is 14.3 Å². The van der Waals surface area contributed by atoms with Crippen LogP contribution in [0.5, 0.6) is 0 Å². The van der Waals surface area contributed by atoms with Crippen LogP contribution in [-0.4, -0.2) is 53.1 Å². The van der Waals surface area contributed by atoms with Crippen molar-refractivity contribution in [2.45, 2.75) is 67.0 Å². The van der Waals surface area contributed by atoms with Gasteiger partial charge in [-0.25, -0.2) is 4.98 Å². The average Bonchev–Trinajstić information content (AvgIpc) is 2.53. The summed E-state index contributed by atoms with van der Waals surface area (Å²) in [5.74, 6) is 0.462. The Labute approximate surface area is 162 Å². The highest BCUT2D eigenvalue weighted by molar-refractivity contribution is 5.95. The first-order chi connectivity index (χ1) is 12.5. The molecule has 1 aromatic heterocycles. The van der Waals surface area contributed by atoms with Gasteiger partial charge in [-0.1, -0.05) is 0 Å². The van der Waals surface area contributed by atoms with Gasteiger partial charge in [0.15, 0.2) is 5.82 Å². The highest BCUT2D eigenvalue weighted by Crippen LogP contribution is 2.27. The molecule has 0 saturated carbocycles. The zero-order valence-corrected chi connectivity index (χ0v) is 17.8. The van der Waals surface area contributed by atoms with Crippen molar-refractivity contribution in [3.05, 3.63) is 6.20 Å². The smallest absolute Gasteiger partial charge is 0.325 e. The third-order valence-electron chi connectivity index (χ3n) is 3.74. The highest BCUT2D eigenvalue weighted by Gasteiger charge is 2.23. The molecule has 152 valence electrons. The maximum atomic E-state index is 12.1. The lowest BCUT2D eigenvalue weighted by atomic mass is 10.2. The minimum Gasteiger partial charge on any atom is -0.459 e. The number of anilines is 3. The molecule has 1 rings (SSSR count). The van der Waals surface area contributed by atoms with Crippen LogP contribution in [0.15, 0.2) is 6.20 Å². The van der Waals surface area contributed by atoms with Gasteiger partial charge in [0.2, 0.25) is 11.9 Å². The Kier molecular flexibility index (Phi) is 7.99. The zero-order chi connectivity index (χ0) is 20.8. The number of amides is 1. The Balaban J connectivity index is 3.22. The van der Waals surface area contributed by atoms with E-state index in [1.54, 1.807) is 11.1 Å². The Morgan fingerprint density at radius 1 is 1.22 bits per heavy atom. The number of aromatic nitrogens is 2. The SMILES string of the molecule is CCN(CC)c1ncc(N(C(C)=O)C(C)C)c(NCC(=O)OC(C)(C)C)n1. The standard InChI is InChI=1S/C19H33N5O3/c1-9-23(10-2)18-21-11-15(24(13(3)4)14(5)25)17(22-18)20-12-16(26)27-19(6,7)8/h11,13H,9-10,12H2,1-8H3,(H,20,21,22). The summed E-state index contributed by atoms with van der Waals surface area (Å²) in [5.41, 5.74) is -0.0276. The monoisotopic (exact) mass is 379 g/mol. The van der Waals surface area contributed by atoms with E-state index < -0.39 is 11.6 Å². The molecule has 8 nitrogen and oxygen atoms in total. The first-order valence-corrected chi connectivity index (χ1v) is 9.37. The predicted octanol–water partition coefficient (Wildman–Crippen LogP) is 2.84. The highest BCUT2D eigenvalue weighted by atomic mass is 16.6. The molecule has 0 unspecified atom stereocenters. The summed E-state index contributed by atoms with van der Waals surface area (Å²) in [7, 11) is 0. The lowest BCUT2D eigenvalue weighted by Gasteiger charge is -2.28. The fourth-order valence-corrected chi connectivity index (χ4v) is 2.68. The van der Waals surface area contributed by atoms with Gasteiger partial charge in [-0.05, 0) is 48.5 Å². The lowest BCUT2D eigenvalue weighted by molar-refractivity contribution is -0.152. The summed E-state index contributed by atoms with van der Waals surface area (Å²) < 4.78 is 5.34. The van der Waals surface area contributed by atoms with Crippen LogP contribution in [0, 0.1) is 0 Å². The van der Waals surface area contributed by atoms with Crippen LogP contribution >= 0.6 is 0 Å². The van der Waals surface area contributed by atoms with Crippen molar-refractivity contribution in [2.75, 3.05) is 34.8 Å². The zero-order valence-electron chi connectivity index (χ0n) is 17.8. The van der Waals surface area contributed by atoms with Gasteiger partial charge in [-0.15, -0.1) is 0 Å².